The first-order valence-corrected chi connectivity index (χ1v) is 13.0. The highest BCUT2D eigenvalue weighted by Crippen LogP contribution is 2.40. The van der Waals surface area contributed by atoms with Gasteiger partial charge in [0, 0.05) is 28.7 Å². The Morgan fingerprint density at radius 1 is 0.811 bits per heavy atom. The second kappa shape index (κ2) is 9.84. The molecule has 0 saturated carbocycles. The van der Waals surface area contributed by atoms with Crippen molar-refractivity contribution >= 4 is 34.7 Å². The summed E-state index contributed by atoms with van der Waals surface area (Å²) in [4.78, 5) is 34.1. The Hall–Kier alpha value is -4.55. The van der Waals surface area contributed by atoms with Gasteiger partial charge in [0.2, 0.25) is 0 Å². The SMILES string of the molecule is O=C(Nc1ccc(C(=O)N2CCc3ccsc3-c3ccccc32)cn1)c1ccccc1-c1ccccc1. The minimum Gasteiger partial charge on any atom is -0.307 e. The van der Waals surface area contributed by atoms with Crippen molar-refractivity contribution in [3.05, 3.63) is 125 Å². The number of hydrogen-bond donors (Lipinski definition) is 1. The molecule has 3 heterocycles. The maximum absolute atomic E-state index is 13.5. The molecule has 6 heteroatoms. The van der Waals surface area contributed by atoms with Gasteiger partial charge < -0.3 is 10.2 Å². The Labute approximate surface area is 219 Å². The van der Waals surface area contributed by atoms with Gasteiger partial charge in [0.05, 0.1) is 11.3 Å². The number of benzene rings is 3. The molecule has 3 aromatic carbocycles. The fraction of sp³-hybridized carbons (Fsp3) is 0.0645. The van der Waals surface area contributed by atoms with Gasteiger partial charge in [-0.3, -0.25) is 9.59 Å². The highest BCUT2D eigenvalue weighted by atomic mass is 32.1. The fourth-order valence-corrected chi connectivity index (χ4v) is 5.71. The number of rotatable bonds is 4. The molecule has 1 aliphatic heterocycles. The smallest absolute Gasteiger partial charge is 0.259 e. The molecule has 0 bridgehead atoms. The number of aromatic nitrogens is 1. The summed E-state index contributed by atoms with van der Waals surface area (Å²) in [7, 11) is 0. The third-order valence-electron chi connectivity index (χ3n) is 6.54. The van der Waals surface area contributed by atoms with E-state index in [9.17, 15) is 9.59 Å². The van der Waals surface area contributed by atoms with Crippen LogP contribution in [0.5, 0.6) is 0 Å². The molecule has 0 aliphatic carbocycles. The predicted molar refractivity (Wildman–Crippen MR) is 149 cm³/mol. The van der Waals surface area contributed by atoms with Gasteiger partial charge in [0.15, 0.2) is 0 Å². The van der Waals surface area contributed by atoms with Gasteiger partial charge in [0.1, 0.15) is 5.82 Å². The summed E-state index contributed by atoms with van der Waals surface area (Å²) in [5.74, 6) is 0.0314. The first-order valence-electron chi connectivity index (χ1n) is 12.1. The van der Waals surface area contributed by atoms with Crippen LogP contribution in [-0.4, -0.2) is 23.3 Å². The number of fused-ring (bicyclic) bond motifs is 3. The van der Waals surface area contributed by atoms with Crippen LogP contribution < -0.4 is 10.2 Å². The number of anilines is 2. The quantitative estimate of drug-likeness (QED) is 0.290. The van der Waals surface area contributed by atoms with E-state index in [2.05, 4.69) is 27.8 Å². The number of amides is 2. The number of carbonyl (C=O) groups is 2. The number of thiophene rings is 1. The molecule has 37 heavy (non-hydrogen) atoms. The van der Waals surface area contributed by atoms with Crippen molar-refractivity contribution < 1.29 is 9.59 Å². The molecule has 1 aliphatic rings. The normalized spacial score (nSPS) is 12.3. The molecule has 2 amide bonds. The van der Waals surface area contributed by atoms with E-state index >= 15 is 0 Å². The van der Waals surface area contributed by atoms with E-state index in [-0.39, 0.29) is 11.8 Å². The molecule has 0 fully saturated rings. The van der Waals surface area contributed by atoms with Crippen LogP contribution in [0.2, 0.25) is 0 Å². The Kier molecular flexibility index (Phi) is 6.08. The van der Waals surface area contributed by atoms with Gasteiger partial charge >= 0.3 is 0 Å². The largest absolute Gasteiger partial charge is 0.307 e. The predicted octanol–water partition coefficient (Wildman–Crippen LogP) is 6.93. The van der Waals surface area contributed by atoms with Gasteiger partial charge in [-0.2, -0.15) is 0 Å². The average Bonchev–Trinajstić information content (AvgIpc) is 3.36. The summed E-state index contributed by atoms with van der Waals surface area (Å²) < 4.78 is 0. The van der Waals surface area contributed by atoms with E-state index in [4.69, 9.17) is 0 Å². The van der Waals surface area contributed by atoms with Crippen molar-refractivity contribution in [2.75, 3.05) is 16.8 Å². The zero-order valence-corrected chi connectivity index (χ0v) is 20.7. The van der Waals surface area contributed by atoms with Crippen LogP contribution in [0.1, 0.15) is 26.3 Å². The standard InChI is InChI=1S/C31H23N3O2S/c35-30(25-11-5-4-10-24(25)21-8-2-1-3-9-21)33-28-15-14-23(20-32-28)31(36)34-18-16-22-17-19-37-29(22)26-12-6-7-13-27(26)34/h1-15,17,19-20H,16,18H2,(H,32,33,35). The molecule has 2 aromatic heterocycles. The van der Waals surface area contributed by atoms with E-state index in [0.29, 0.717) is 23.5 Å². The first-order chi connectivity index (χ1) is 18.2. The zero-order chi connectivity index (χ0) is 25.2. The number of pyridine rings is 1. The number of carbonyl (C=O) groups excluding carboxylic acids is 2. The van der Waals surface area contributed by atoms with Crippen LogP contribution in [0, 0.1) is 0 Å². The molecule has 0 radical (unpaired) electrons. The Morgan fingerprint density at radius 3 is 2.38 bits per heavy atom. The zero-order valence-electron chi connectivity index (χ0n) is 19.9. The first kappa shape index (κ1) is 22.9. The fourth-order valence-electron chi connectivity index (χ4n) is 4.72. The minimum absolute atomic E-state index is 0.109. The highest BCUT2D eigenvalue weighted by Gasteiger charge is 2.25. The lowest BCUT2D eigenvalue weighted by Crippen LogP contribution is -2.32. The summed E-state index contributed by atoms with van der Waals surface area (Å²) in [6.45, 7) is 0.592. The monoisotopic (exact) mass is 501 g/mol. The molecule has 5 aromatic rings. The molecule has 0 saturated heterocycles. The molecule has 0 spiro atoms. The number of para-hydroxylation sites is 1. The Bertz CT molecular complexity index is 1590. The lowest BCUT2D eigenvalue weighted by atomic mass is 9.99. The average molecular weight is 502 g/mol. The lowest BCUT2D eigenvalue weighted by molar-refractivity contribution is 0.0986. The summed E-state index contributed by atoms with van der Waals surface area (Å²) in [6, 6.07) is 30.8. The maximum atomic E-state index is 13.5. The van der Waals surface area contributed by atoms with Gasteiger partial charge in [-0.05, 0) is 58.8 Å². The molecule has 180 valence electrons. The Morgan fingerprint density at radius 2 is 1.57 bits per heavy atom. The van der Waals surface area contributed by atoms with Gasteiger partial charge in [-0.25, -0.2) is 4.98 Å². The van der Waals surface area contributed by atoms with Crippen LogP contribution in [0.3, 0.4) is 0 Å². The topological polar surface area (TPSA) is 62.3 Å². The molecule has 5 nitrogen and oxygen atoms in total. The lowest BCUT2D eigenvalue weighted by Gasteiger charge is -2.23. The second-order valence-corrected chi connectivity index (χ2v) is 9.71. The van der Waals surface area contributed by atoms with E-state index in [1.807, 2.05) is 71.6 Å². The number of nitrogens with zero attached hydrogens (tertiary/aromatic N) is 2. The van der Waals surface area contributed by atoms with Crippen LogP contribution in [0.25, 0.3) is 21.6 Å². The van der Waals surface area contributed by atoms with Crippen molar-refractivity contribution in [2.45, 2.75) is 6.42 Å². The highest BCUT2D eigenvalue weighted by molar-refractivity contribution is 7.13. The van der Waals surface area contributed by atoms with Crippen LogP contribution >= 0.6 is 11.3 Å². The van der Waals surface area contributed by atoms with Crippen molar-refractivity contribution in [3.8, 4) is 21.6 Å². The third kappa shape index (κ3) is 4.43. The van der Waals surface area contributed by atoms with E-state index < -0.39 is 0 Å². The summed E-state index contributed by atoms with van der Waals surface area (Å²) in [6.07, 6.45) is 2.33. The molecule has 0 unspecified atom stereocenters. The van der Waals surface area contributed by atoms with Crippen molar-refractivity contribution in [2.24, 2.45) is 0 Å². The van der Waals surface area contributed by atoms with Gasteiger partial charge in [-0.1, -0.05) is 66.7 Å². The van der Waals surface area contributed by atoms with Gasteiger partial charge in [0.25, 0.3) is 11.8 Å². The van der Waals surface area contributed by atoms with E-state index in [1.54, 1.807) is 29.5 Å². The molecular formula is C31H23N3O2S. The van der Waals surface area contributed by atoms with Gasteiger partial charge in [-0.15, -0.1) is 11.3 Å². The van der Waals surface area contributed by atoms with Crippen molar-refractivity contribution in [1.29, 1.82) is 0 Å². The summed E-state index contributed by atoms with van der Waals surface area (Å²) in [5, 5.41) is 4.98. The number of nitrogens with one attached hydrogen (secondary N) is 1. The summed E-state index contributed by atoms with van der Waals surface area (Å²) in [5.41, 5.74) is 6.10. The maximum Gasteiger partial charge on any atom is 0.259 e. The van der Waals surface area contributed by atoms with E-state index in [1.165, 1.54) is 16.6 Å². The molecule has 6 rings (SSSR count). The van der Waals surface area contributed by atoms with Crippen LogP contribution in [-0.2, 0) is 6.42 Å². The summed E-state index contributed by atoms with van der Waals surface area (Å²) >= 11 is 1.71. The van der Waals surface area contributed by atoms with Crippen LogP contribution in [0.4, 0.5) is 11.5 Å². The van der Waals surface area contributed by atoms with Crippen molar-refractivity contribution in [1.82, 2.24) is 4.98 Å². The molecule has 0 atom stereocenters. The number of hydrogen-bond acceptors (Lipinski definition) is 4. The van der Waals surface area contributed by atoms with E-state index in [0.717, 1.165) is 28.8 Å². The van der Waals surface area contributed by atoms with Crippen LogP contribution in [0.15, 0.2) is 109 Å². The Balaban J connectivity index is 1.23. The second-order valence-electron chi connectivity index (χ2n) is 8.80. The minimum atomic E-state index is -0.251. The third-order valence-corrected chi connectivity index (χ3v) is 7.53. The molecular weight excluding hydrogens is 478 g/mol. The molecule has 1 N–H and O–H groups in total. The van der Waals surface area contributed by atoms with Crippen molar-refractivity contribution in [3.63, 3.8) is 0 Å².